The summed E-state index contributed by atoms with van der Waals surface area (Å²) in [5.41, 5.74) is 0.0183. The van der Waals surface area contributed by atoms with Gasteiger partial charge in [0.2, 0.25) is 5.76 Å². The van der Waals surface area contributed by atoms with Crippen LogP contribution in [0.2, 0.25) is 0 Å². The van der Waals surface area contributed by atoms with Crippen molar-refractivity contribution < 1.29 is 54.1 Å². The Hall–Kier alpha value is -4.38. The van der Waals surface area contributed by atoms with Crippen molar-refractivity contribution in [3.63, 3.8) is 0 Å². The van der Waals surface area contributed by atoms with Gasteiger partial charge in [0.1, 0.15) is 17.5 Å². The average Bonchev–Trinajstić information content (AvgIpc) is 3.79. The molecule has 294 valence electrons. The van der Waals surface area contributed by atoms with Crippen molar-refractivity contribution in [3.05, 3.63) is 88.1 Å². The fourth-order valence-corrected chi connectivity index (χ4v) is 7.72. The highest BCUT2D eigenvalue weighted by atomic mass is 32.2. The molecule has 9 nitrogen and oxygen atoms in total. The van der Waals surface area contributed by atoms with Gasteiger partial charge in [0.05, 0.1) is 45.1 Å². The number of hydrogen-bond donors (Lipinski definition) is 2. The summed E-state index contributed by atoms with van der Waals surface area (Å²) in [4.78, 5) is 34.4. The molecule has 2 aliphatic heterocycles. The summed E-state index contributed by atoms with van der Waals surface area (Å²) in [5, 5.41) is 2.46. The summed E-state index contributed by atoms with van der Waals surface area (Å²) in [6.45, 7) is 7.21. The number of alkyl halides is 6. The fourth-order valence-electron chi connectivity index (χ4n) is 6.37. The first-order chi connectivity index (χ1) is 24.9. The van der Waals surface area contributed by atoms with Gasteiger partial charge >= 0.3 is 18.4 Å². The number of hydroxylamine groups is 1. The minimum absolute atomic E-state index is 0.0144. The number of hydrogen-bond acceptors (Lipinski definition) is 7. The quantitative estimate of drug-likeness (QED) is 0.207. The highest BCUT2D eigenvalue weighted by Gasteiger charge is 2.64. The molecule has 0 bridgehead atoms. The molecule has 0 radical (unpaired) electrons. The number of alkyl carbamates (subject to hydrolysis) is 1. The Kier molecular flexibility index (Phi) is 11.1. The highest BCUT2D eigenvalue weighted by molar-refractivity contribution is 7.85. The number of nitrogens with zero attached hydrogens (tertiary/aromatic N) is 2. The lowest BCUT2D eigenvalue weighted by atomic mass is 9.92. The number of amides is 2. The molecule has 1 aliphatic carbocycles. The number of ether oxygens (including phenoxy) is 1. The Bertz CT molecular complexity index is 1930. The molecular formula is C37H41F7N4O5S. The zero-order chi connectivity index (χ0) is 40.1. The van der Waals surface area contributed by atoms with Gasteiger partial charge in [-0.2, -0.15) is 26.3 Å². The van der Waals surface area contributed by atoms with E-state index in [0.29, 0.717) is 11.1 Å². The molecule has 0 spiro atoms. The van der Waals surface area contributed by atoms with Gasteiger partial charge in [-0.1, -0.05) is 35.9 Å². The van der Waals surface area contributed by atoms with Gasteiger partial charge in [0.25, 0.3) is 5.91 Å². The summed E-state index contributed by atoms with van der Waals surface area (Å²) in [7, 11) is 1.14. The predicted molar refractivity (Wildman–Crippen MR) is 187 cm³/mol. The molecule has 2 amide bonds. The van der Waals surface area contributed by atoms with Gasteiger partial charge < -0.3 is 24.7 Å². The molecule has 2 heterocycles. The highest BCUT2D eigenvalue weighted by Crippen LogP contribution is 2.62. The third kappa shape index (κ3) is 8.61. The zero-order valence-corrected chi connectivity index (χ0v) is 31.4. The van der Waals surface area contributed by atoms with Gasteiger partial charge in [0.15, 0.2) is 0 Å². The topological polar surface area (TPSA) is 100 Å². The van der Waals surface area contributed by atoms with Crippen LogP contribution in [0, 0.1) is 11.2 Å². The van der Waals surface area contributed by atoms with E-state index in [9.17, 15) is 40.1 Å². The van der Waals surface area contributed by atoms with Gasteiger partial charge in [-0.15, -0.1) is 5.48 Å². The third-order valence-electron chi connectivity index (χ3n) is 9.27. The molecule has 1 saturated carbocycles. The molecule has 1 fully saturated rings. The van der Waals surface area contributed by atoms with E-state index in [2.05, 4.69) is 10.8 Å². The summed E-state index contributed by atoms with van der Waals surface area (Å²) < 4.78 is 118. The molecule has 0 aromatic heterocycles. The SMILES string of the molecule is CC1=C(C(F)(F)F)ONC1c1ccc(CN2C(=O)[C@@H](NC(=O)OC(C)(C)C)CS(=O)c3cc(F)c(C(=C/N(C)C)/C=C(\C)C4(C(F)(F)F)CC4)cc32)cc1. The molecule has 2 aromatic rings. The molecule has 2 unspecified atom stereocenters. The van der Waals surface area contributed by atoms with Crippen molar-refractivity contribution in [1.29, 1.82) is 0 Å². The van der Waals surface area contributed by atoms with Gasteiger partial charge in [0, 0.05) is 37.0 Å². The van der Waals surface area contributed by atoms with Crippen LogP contribution in [0.3, 0.4) is 0 Å². The minimum atomic E-state index is -4.71. The molecule has 3 aliphatic rings. The summed E-state index contributed by atoms with van der Waals surface area (Å²) in [6.07, 6.45) is -7.73. The number of benzene rings is 2. The monoisotopic (exact) mass is 786 g/mol. The van der Waals surface area contributed by atoms with E-state index in [0.717, 1.165) is 6.07 Å². The van der Waals surface area contributed by atoms with Crippen molar-refractivity contribution in [3.8, 4) is 0 Å². The number of halogens is 7. The van der Waals surface area contributed by atoms with E-state index in [1.165, 1.54) is 54.1 Å². The van der Waals surface area contributed by atoms with Crippen LogP contribution in [0.4, 0.5) is 41.2 Å². The molecular weight excluding hydrogens is 745 g/mol. The van der Waals surface area contributed by atoms with Crippen LogP contribution in [-0.2, 0) is 31.7 Å². The number of anilines is 1. The lowest BCUT2D eigenvalue weighted by molar-refractivity contribution is -0.175. The first-order valence-corrected chi connectivity index (χ1v) is 18.2. The van der Waals surface area contributed by atoms with Crippen LogP contribution < -0.4 is 15.7 Å². The minimum Gasteiger partial charge on any atom is -0.444 e. The van der Waals surface area contributed by atoms with Crippen LogP contribution in [0.1, 0.15) is 70.2 Å². The summed E-state index contributed by atoms with van der Waals surface area (Å²) >= 11 is 0. The van der Waals surface area contributed by atoms with Crippen LogP contribution in [-0.4, -0.2) is 65.0 Å². The molecule has 2 aromatic carbocycles. The molecule has 0 saturated heterocycles. The van der Waals surface area contributed by atoms with Crippen LogP contribution >= 0.6 is 0 Å². The lowest BCUT2D eigenvalue weighted by Gasteiger charge is -2.27. The number of carbonyl (C=O) groups is 2. The average molecular weight is 787 g/mol. The van der Waals surface area contributed by atoms with E-state index < -0.39 is 75.6 Å². The summed E-state index contributed by atoms with van der Waals surface area (Å²) in [6, 6.07) is 6.08. The Morgan fingerprint density at radius 2 is 1.74 bits per heavy atom. The normalized spacial score (nSPS) is 22.1. The first kappa shape index (κ1) is 40.8. The summed E-state index contributed by atoms with van der Waals surface area (Å²) in [5.74, 6) is -3.25. The number of fused-ring (bicyclic) bond motifs is 1. The predicted octanol–water partition coefficient (Wildman–Crippen LogP) is 7.98. The van der Waals surface area contributed by atoms with Crippen molar-refractivity contribution in [1.82, 2.24) is 15.7 Å². The number of nitrogens with one attached hydrogen (secondary N) is 2. The van der Waals surface area contributed by atoms with Crippen molar-refractivity contribution >= 4 is 34.1 Å². The van der Waals surface area contributed by atoms with E-state index in [-0.39, 0.29) is 52.3 Å². The largest absolute Gasteiger partial charge is 0.451 e. The van der Waals surface area contributed by atoms with Gasteiger partial charge in [-0.3, -0.25) is 9.00 Å². The van der Waals surface area contributed by atoms with Crippen LogP contribution in [0.5, 0.6) is 0 Å². The van der Waals surface area contributed by atoms with E-state index in [1.807, 2.05) is 0 Å². The zero-order valence-electron chi connectivity index (χ0n) is 30.6. The van der Waals surface area contributed by atoms with Gasteiger partial charge in [-0.05, 0) is 70.7 Å². The third-order valence-corrected chi connectivity index (χ3v) is 10.7. The van der Waals surface area contributed by atoms with Crippen LogP contribution in [0.25, 0.3) is 5.57 Å². The molecule has 3 atom stereocenters. The molecule has 17 heteroatoms. The molecule has 5 rings (SSSR count). The molecule has 54 heavy (non-hydrogen) atoms. The Labute approximate surface area is 310 Å². The van der Waals surface area contributed by atoms with Gasteiger partial charge in [-0.25, -0.2) is 9.18 Å². The maximum atomic E-state index is 16.1. The standard InChI is InChI=1S/C37H41F7N4O5S/c1-20(35(12-13-35)37(42,43)44)14-24(18-47(6)7)25-15-28-29(16-26(25)38)54(51)19-27(45-33(50)52-34(3,4)5)32(49)48(28)17-22-8-10-23(11-9-22)30-21(2)31(53-46-30)36(39,40)41/h8-11,14-16,18,27,30,46H,12-13,17,19H2,1-7H3,(H,45,50)/b20-14+,24-18+/t27-,30?,54?/m0/s1. The van der Waals surface area contributed by atoms with Crippen molar-refractivity contribution in [2.24, 2.45) is 5.41 Å². The first-order valence-electron chi connectivity index (χ1n) is 16.9. The smallest absolute Gasteiger partial charge is 0.444 e. The molecule has 2 N–H and O–H groups in total. The van der Waals surface area contributed by atoms with Crippen molar-refractivity contribution in [2.45, 2.75) is 88.9 Å². The second-order valence-electron chi connectivity index (χ2n) is 14.8. The Balaban J connectivity index is 1.59. The second kappa shape index (κ2) is 14.7. The maximum absolute atomic E-state index is 16.1. The number of allylic oxidation sites excluding steroid dienone is 4. The fraction of sp³-hybridized carbons (Fsp3) is 0.459. The second-order valence-corrected chi connectivity index (χ2v) is 16.3. The van der Waals surface area contributed by atoms with E-state index in [4.69, 9.17) is 9.57 Å². The Morgan fingerprint density at radius 1 is 1.11 bits per heavy atom. The van der Waals surface area contributed by atoms with Crippen LogP contribution in [0.15, 0.2) is 70.5 Å². The maximum Gasteiger partial charge on any atom is 0.451 e. The van der Waals surface area contributed by atoms with E-state index in [1.54, 1.807) is 47.0 Å². The lowest BCUT2D eigenvalue weighted by Crippen LogP contribution is -2.51. The number of carbonyl (C=O) groups excluding carboxylic acids is 2. The Morgan fingerprint density at radius 3 is 2.26 bits per heavy atom. The van der Waals surface area contributed by atoms with E-state index >= 15 is 4.39 Å². The number of rotatable bonds is 8. The van der Waals surface area contributed by atoms with Crippen molar-refractivity contribution in [2.75, 3.05) is 24.7 Å².